The summed E-state index contributed by atoms with van der Waals surface area (Å²) in [7, 11) is 1.85. The smallest absolute Gasteiger partial charge is 0.142 e. The fraction of sp³-hybridized carbons (Fsp3) is 0.231. The molecular formula is C13H14FN3. The lowest BCUT2D eigenvalue weighted by Gasteiger charge is -2.05. The predicted octanol–water partition coefficient (Wildman–Crippen LogP) is 2.31. The molecule has 17 heavy (non-hydrogen) atoms. The Hall–Kier alpha value is -1.81. The zero-order valence-electron chi connectivity index (χ0n) is 9.87. The third kappa shape index (κ3) is 2.65. The van der Waals surface area contributed by atoms with Gasteiger partial charge in [0.2, 0.25) is 0 Å². The van der Waals surface area contributed by atoms with Gasteiger partial charge in [0.1, 0.15) is 11.6 Å². The van der Waals surface area contributed by atoms with Crippen LogP contribution in [-0.4, -0.2) is 17.0 Å². The van der Waals surface area contributed by atoms with E-state index in [0.717, 1.165) is 17.1 Å². The first-order valence-electron chi connectivity index (χ1n) is 5.44. The molecule has 0 amide bonds. The van der Waals surface area contributed by atoms with Crippen LogP contribution in [0.15, 0.2) is 30.5 Å². The zero-order valence-corrected chi connectivity index (χ0v) is 9.87. The molecule has 0 unspecified atom stereocenters. The second kappa shape index (κ2) is 5.01. The molecule has 0 spiro atoms. The van der Waals surface area contributed by atoms with E-state index < -0.39 is 0 Å². The minimum absolute atomic E-state index is 0.196. The lowest BCUT2D eigenvalue weighted by Crippen LogP contribution is -2.09. The first-order chi connectivity index (χ1) is 8.20. The molecule has 1 heterocycles. The number of rotatable bonds is 3. The summed E-state index contributed by atoms with van der Waals surface area (Å²) in [6, 6.07) is 6.81. The van der Waals surface area contributed by atoms with E-state index in [2.05, 4.69) is 15.3 Å². The maximum Gasteiger partial charge on any atom is 0.142 e. The van der Waals surface area contributed by atoms with Crippen molar-refractivity contribution in [3.8, 4) is 11.3 Å². The predicted molar refractivity (Wildman–Crippen MR) is 64.9 cm³/mol. The van der Waals surface area contributed by atoms with Gasteiger partial charge in [0.15, 0.2) is 0 Å². The quantitative estimate of drug-likeness (QED) is 0.880. The van der Waals surface area contributed by atoms with Crippen molar-refractivity contribution >= 4 is 0 Å². The molecule has 0 saturated heterocycles. The Morgan fingerprint density at radius 1 is 1.29 bits per heavy atom. The SMILES string of the molecule is CNCc1nccc(-c2ccc(F)c(C)c2)n1. The van der Waals surface area contributed by atoms with Gasteiger partial charge in [0.25, 0.3) is 0 Å². The van der Waals surface area contributed by atoms with Gasteiger partial charge in [0, 0.05) is 11.8 Å². The van der Waals surface area contributed by atoms with Crippen molar-refractivity contribution in [3.63, 3.8) is 0 Å². The van der Waals surface area contributed by atoms with Gasteiger partial charge < -0.3 is 5.32 Å². The highest BCUT2D eigenvalue weighted by Crippen LogP contribution is 2.19. The number of benzene rings is 1. The lowest BCUT2D eigenvalue weighted by molar-refractivity contribution is 0.618. The molecule has 88 valence electrons. The number of hydrogen-bond acceptors (Lipinski definition) is 3. The van der Waals surface area contributed by atoms with Crippen LogP contribution in [0, 0.1) is 12.7 Å². The number of nitrogens with one attached hydrogen (secondary N) is 1. The Bertz CT molecular complexity index is 526. The molecule has 0 saturated carbocycles. The van der Waals surface area contributed by atoms with Crippen molar-refractivity contribution in [3.05, 3.63) is 47.7 Å². The first-order valence-corrected chi connectivity index (χ1v) is 5.44. The minimum Gasteiger partial charge on any atom is -0.313 e. The number of hydrogen-bond donors (Lipinski definition) is 1. The maximum atomic E-state index is 13.2. The van der Waals surface area contributed by atoms with E-state index in [-0.39, 0.29) is 5.82 Å². The molecule has 0 bridgehead atoms. The Morgan fingerprint density at radius 3 is 2.82 bits per heavy atom. The summed E-state index contributed by atoms with van der Waals surface area (Å²) in [5, 5.41) is 3.00. The van der Waals surface area contributed by atoms with Gasteiger partial charge in [0.05, 0.1) is 12.2 Å². The number of aryl methyl sites for hydroxylation is 1. The second-order valence-corrected chi connectivity index (χ2v) is 3.85. The molecule has 2 aromatic rings. The summed E-state index contributed by atoms with van der Waals surface area (Å²) in [6.07, 6.45) is 1.72. The van der Waals surface area contributed by atoms with E-state index in [1.165, 1.54) is 6.07 Å². The Labute approximate surface area is 99.7 Å². The van der Waals surface area contributed by atoms with Crippen LogP contribution in [0.4, 0.5) is 4.39 Å². The highest BCUT2D eigenvalue weighted by atomic mass is 19.1. The molecule has 3 nitrogen and oxygen atoms in total. The average molecular weight is 231 g/mol. The molecule has 0 radical (unpaired) electrons. The summed E-state index contributed by atoms with van der Waals surface area (Å²) in [5.74, 6) is 0.533. The van der Waals surface area contributed by atoms with Crippen molar-refractivity contribution < 1.29 is 4.39 Å². The summed E-state index contributed by atoms with van der Waals surface area (Å²) < 4.78 is 13.2. The Morgan fingerprint density at radius 2 is 2.12 bits per heavy atom. The molecule has 1 aromatic carbocycles. The van der Waals surface area contributed by atoms with Crippen molar-refractivity contribution in [1.29, 1.82) is 0 Å². The molecule has 0 fully saturated rings. The number of nitrogens with zero attached hydrogens (tertiary/aromatic N) is 2. The second-order valence-electron chi connectivity index (χ2n) is 3.85. The molecule has 2 rings (SSSR count). The van der Waals surface area contributed by atoms with Gasteiger partial charge >= 0.3 is 0 Å². The summed E-state index contributed by atoms with van der Waals surface area (Å²) in [4.78, 5) is 8.55. The molecular weight excluding hydrogens is 217 g/mol. The molecule has 1 aromatic heterocycles. The van der Waals surface area contributed by atoms with Gasteiger partial charge in [-0.05, 0) is 43.8 Å². The van der Waals surface area contributed by atoms with Gasteiger partial charge in [-0.15, -0.1) is 0 Å². The minimum atomic E-state index is -0.196. The largest absolute Gasteiger partial charge is 0.313 e. The molecule has 4 heteroatoms. The molecule has 0 aliphatic heterocycles. The van der Waals surface area contributed by atoms with Crippen molar-refractivity contribution in [1.82, 2.24) is 15.3 Å². The van der Waals surface area contributed by atoms with Crippen molar-refractivity contribution in [2.45, 2.75) is 13.5 Å². The van der Waals surface area contributed by atoms with Gasteiger partial charge in [-0.3, -0.25) is 0 Å². The van der Waals surface area contributed by atoms with E-state index >= 15 is 0 Å². The molecule has 1 N–H and O–H groups in total. The van der Waals surface area contributed by atoms with Crippen LogP contribution in [0.3, 0.4) is 0 Å². The van der Waals surface area contributed by atoms with E-state index in [9.17, 15) is 4.39 Å². The number of aromatic nitrogens is 2. The van der Waals surface area contributed by atoms with Gasteiger partial charge in [-0.2, -0.15) is 0 Å². The zero-order chi connectivity index (χ0) is 12.3. The van der Waals surface area contributed by atoms with E-state index in [1.807, 2.05) is 13.1 Å². The third-order valence-electron chi connectivity index (χ3n) is 2.49. The highest BCUT2D eigenvalue weighted by molar-refractivity contribution is 5.59. The fourth-order valence-electron chi connectivity index (χ4n) is 1.61. The average Bonchev–Trinajstić information content (AvgIpc) is 2.33. The third-order valence-corrected chi connectivity index (χ3v) is 2.49. The van der Waals surface area contributed by atoms with Crippen LogP contribution in [0.1, 0.15) is 11.4 Å². The maximum absolute atomic E-state index is 13.2. The van der Waals surface area contributed by atoms with Crippen LogP contribution in [0.25, 0.3) is 11.3 Å². The van der Waals surface area contributed by atoms with E-state index in [4.69, 9.17) is 0 Å². The van der Waals surface area contributed by atoms with Gasteiger partial charge in [-0.1, -0.05) is 0 Å². The lowest BCUT2D eigenvalue weighted by atomic mass is 10.1. The van der Waals surface area contributed by atoms with E-state index in [0.29, 0.717) is 12.1 Å². The topological polar surface area (TPSA) is 37.8 Å². The van der Waals surface area contributed by atoms with E-state index in [1.54, 1.807) is 25.3 Å². The van der Waals surface area contributed by atoms with Crippen LogP contribution < -0.4 is 5.32 Å². The fourth-order valence-corrected chi connectivity index (χ4v) is 1.61. The summed E-state index contributed by atoms with van der Waals surface area (Å²) in [5.41, 5.74) is 2.34. The summed E-state index contributed by atoms with van der Waals surface area (Å²) >= 11 is 0. The van der Waals surface area contributed by atoms with Crippen molar-refractivity contribution in [2.24, 2.45) is 0 Å². The van der Waals surface area contributed by atoms with Crippen LogP contribution in [0.5, 0.6) is 0 Å². The molecule has 0 aliphatic carbocycles. The van der Waals surface area contributed by atoms with Gasteiger partial charge in [-0.25, -0.2) is 14.4 Å². The number of halogens is 1. The normalized spacial score (nSPS) is 10.5. The van der Waals surface area contributed by atoms with Crippen molar-refractivity contribution in [2.75, 3.05) is 7.05 Å². The van der Waals surface area contributed by atoms with Crippen LogP contribution >= 0.6 is 0 Å². The van der Waals surface area contributed by atoms with Crippen LogP contribution in [0.2, 0.25) is 0 Å². The van der Waals surface area contributed by atoms with Crippen LogP contribution in [-0.2, 0) is 6.54 Å². The molecule has 0 atom stereocenters. The standard InChI is InChI=1S/C13H14FN3/c1-9-7-10(3-4-11(9)14)12-5-6-16-13(17-12)8-15-2/h3-7,15H,8H2,1-2H3. The first kappa shape index (κ1) is 11.7. The summed E-state index contributed by atoms with van der Waals surface area (Å²) in [6.45, 7) is 2.36. The molecule has 0 aliphatic rings. The highest BCUT2D eigenvalue weighted by Gasteiger charge is 2.04. The monoisotopic (exact) mass is 231 g/mol. The Balaban J connectivity index is 2.38. The Kier molecular flexibility index (Phi) is 3.44.